The number of nitrogens with zero attached hydrogens (tertiary/aromatic N) is 1. The molecule has 0 atom stereocenters. The fraction of sp³-hybridized carbons (Fsp3) is 0.136. The zero-order chi connectivity index (χ0) is 21.9. The molecule has 0 saturated carbocycles. The monoisotopic (exact) mass is 430 g/mol. The van der Waals surface area contributed by atoms with E-state index in [4.69, 9.17) is 0 Å². The lowest BCUT2D eigenvalue weighted by Gasteiger charge is -2.26. The fourth-order valence-electron chi connectivity index (χ4n) is 2.91. The molecule has 156 valence electrons. The second-order valence-corrected chi connectivity index (χ2v) is 8.65. The molecule has 0 bridgehead atoms. The normalized spacial score (nSPS) is 11.2. The van der Waals surface area contributed by atoms with Gasteiger partial charge in [-0.2, -0.15) is 0 Å². The van der Waals surface area contributed by atoms with Gasteiger partial charge in [0.1, 0.15) is 6.54 Å². The first-order chi connectivity index (χ1) is 14.2. The van der Waals surface area contributed by atoms with Gasteiger partial charge in [0.2, 0.25) is 5.91 Å². The van der Waals surface area contributed by atoms with Gasteiger partial charge in [0.05, 0.1) is 10.6 Å². The number of halogens is 2. The Morgan fingerprint density at radius 1 is 0.933 bits per heavy atom. The van der Waals surface area contributed by atoms with Crippen molar-refractivity contribution in [1.29, 1.82) is 0 Å². The number of aryl methyl sites for hydroxylation is 2. The summed E-state index contributed by atoms with van der Waals surface area (Å²) in [4.78, 5) is 12.7. The number of amides is 1. The Labute approximate surface area is 174 Å². The van der Waals surface area contributed by atoms with Gasteiger partial charge in [-0.3, -0.25) is 9.10 Å². The van der Waals surface area contributed by atoms with Crippen LogP contribution in [0.15, 0.2) is 71.6 Å². The molecular weight excluding hydrogens is 410 g/mol. The predicted octanol–water partition coefficient (Wildman–Crippen LogP) is 4.42. The average Bonchev–Trinajstić information content (AvgIpc) is 2.71. The van der Waals surface area contributed by atoms with E-state index in [1.54, 1.807) is 37.3 Å². The van der Waals surface area contributed by atoms with E-state index in [0.717, 1.165) is 22.0 Å². The van der Waals surface area contributed by atoms with Crippen LogP contribution in [0.2, 0.25) is 0 Å². The third-order valence-electron chi connectivity index (χ3n) is 4.46. The molecule has 0 aromatic heterocycles. The number of anilines is 2. The number of hydrogen-bond donors (Lipinski definition) is 1. The van der Waals surface area contributed by atoms with Crippen molar-refractivity contribution in [2.24, 2.45) is 0 Å². The van der Waals surface area contributed by atoms with Crippen molar-refractivity contribution >= 4 is 27.3 Å². The first kappa shape index (κ1) is 21.4. The van der Waals surface area contributed by atoms with Crippen molar-refractivity contribution in [3.8, 4) is 0 Å². The SMILES string of the molecule is Cc1ccc(C)c(N(CC(=O)Nc2ccc(F)c(F)c2)S(=O)(=O)c2ccccc2)c1. The molecule has 0 aliphatic heterocycles. The highest BCUT2D eigenvalue weighted by Gasteiger charge is 2.28. The van der Waals surface area contributed by atoms with Crippen LogP contribution in [0.1, 0.15) is 11.1 Å². The van der Waals surface area contributed by atoms with Crippen molar-refractivity contribution in [2.45, 2.75) is 18.7 Å². The molecule has 3 aromatic rings. The zero-order valence-electron chi connectivity index (χ0n) is 16.4. The van der Waals surface area contributed by atoms with Gasteiger partial charge in [-0.1, -0.05) is 30.3 Å². The summed E-state index contributed by atoms with van der Waals surface area (Å²) in [5.74, 6) is -2.85. The lowest BCUT2D eigenvalue weighted by Crippen LogP contribution is -2.38. The molecule has 3 rings (SSSR count). The molecule has 1 amide bonds. The third kappa shape index (κ3) is 4.65. The lowest BCUT2D eigenvalue weighted by atomic mass is 10.1. The molecule has 5 nitrogen and oxygen atoms in total. The van der Waals surface area contributed by atoms with Crippen LogP contribution in [0.5, 0.6) is 0 Å². The average molecular weight is 430 g/mol. The van der Waals surface area contributed by atoms with Crippen molar-refractivity contribution in [3.63, 3.8) is 0 Å². The van der Waals surface area contributed by atoms with Crippen molar-refractivity contribution in [2.75, 3.05) is 16.2 Å². The van der Waals surface area contributed by atoms with Crippen LogP contribution in [0.4, 0.5) is 20.2 Å². The number of hydrogen-bond acceptors (Lipinski definition) is 3. The van der Waals surface area contributed by atoms with E-state index in [0.29, 0.717) is 11.3 Å². The van der Waals surface area contributed by atoms with Crippen LogP contribution < -0.4 is 9.62 Å². The predicted molar refractivity (Wildman–Crippen MR) is 112 cm³/mol. The van der Waals surface area contributed by atoms with Gasteiger partial charge in [0, 0.05) is 11.8 Å². The van der Waals surface area contributed by atoms with Gasteiger partial charge in [-0.25, -0.2) is 17.2 Å². The van der Waals surface area contributed by atoms with Crippen LogP contribution in [0, 0.1) is 25.5 Å². The second-order valence-electron chi connectivity index (χ2n) is 6.79. The number of rotatable bonds is 6. The molecule has 0 radical (unpaired) electrons. The molecule has 0 heterocycles. The number of sulfonamides is 1. The fourth-order valence-corrected chi connectivity index (χ4v) is 4.41. The Morgan fingerprint density at radius 2 is 1.63 bits per heavy atom. The molecular formula is C22H20F2N2O3S. The molecule has 3 aromatic carbocycles. The molecule has 0 aliphatic rings. The molecule has 0 aliphatic carbocycles. The molecule has 0 fully saturated rings. The molecule has 1 N–H and O–H groups in total. The highest BCUT2D eigenvalue weighted by Crippen LogP contribution is 2.28. The van der Waals surface area contributed by atoms with Crippen LogP contribution in [-0.4, -0.2) is 20.9 Å². The van der Waals surface area contributed by atoms with E-state index >= 15 is 0 Å². The van der Waals surface area contributed by atoms with Gasteiger partial charge < -0.3 is 5.32 Å². The van der Waals surface area contributed by atoms with Gasteiger partial charge in [0.15, 0.2) is 11.6 Å². The number of carbonyl (C=O) groups is 1. The van der Waals surface area contributed by atoms with E-state index < -0.39 is 34.1 Å². The highest BCUT2D eigenvalue weighted by atomic mass is 32.2. The van der Waals surface area contributed by atoms with Gasteiger partial charge in [-0.15, -0.1) is 0 Å². The van der Waals surface area contributed by atoms with Crippen molar-refractivity contribution < 1.29 is 22.0 Å². The minimum Gasteiger partial charge on any atom is -0.324 e. The smallest absolute Gasteiger partial charge is 0.264 e. The highest BCUT2D eigenvalue weighted by molar-refractivity contribution is 7.92. The third-order valence-corrected chi connectivity index (χ3v) is 6.23. The molecule has 0 unspecified atom stereocenters. The van der Waals surface area contributed by atoms with Gasteiger partial charge in [0.25, 0.3) is 10.0 Å². The maximum Gasteiger partial charge on any atom is 0.264 e. The van der Waals surface area contributed by atoms with Crippen LogP contribution in [-0.2, 0) is 14.8 Å². The molecule has 8 heteroatoms. The Morgan fingerprint density at radius 3 is 2.30 bits per heavy atom. The molecule has 0 spiro atoms. The van der Waals surface area contributed by atoms with Crippen LogP contribution >= 0.6 is 0 Å². The summed E-state index contributed by atoms with van der Waals surface area (Å²) < 4.78 is 54.2. The quantitative estimate of drug-likeness (QED) is 0.630. The maximum atomic E-state index is 13.4. The van der Waals surface area contributed by atoms with Crippen LogP contribution in [0.3, 0.4) is 0 Å². The Hall–Kier alpha value is -3.26. The van der Waals surface area contributed by atoms with E-state index in [1.165, 1.54) is 18.2 Å². The molecule has 30 heavy (non-hydrogen) atoms. The second kappa shape index (κ2) is 8.62. The van der Waals surface area contributed by atoms with E-state index in [-0.39, 0.29) is 10.6 Å². The maximum absolute atomic E-state index is 13.4. The summed E-state index contributed by atoms with van der Waals surface area (Å²) in [5.41, 5.74) is 1.88. The molecule has 0 saturated heterocycles. The number of nitrogens with one attached hydrogen (secondary N) is 1. The van der Waals surface area contributed by atoms with Crippen LogP contribution in [0.25, 0.3) is 0 Å². The number of carbonyl (C=O) groups excluding carboxylic acids is 1. The Bertz CT molecular complexity index is 1180. The Balaban J connectivity index is 1.98. The summed E-state index contributed by atoms with van der Waals surface area (Å²) in [6, 6.07) is 16.0. The summed E-state index contributed by atoms with van der Waals surface area (Å²) in [6.07, 6.45) is 0. The van der Waals surface area contributed by atoms with Crippen molar-refractivity contribution in [3.05, 3.63) is 89.5 Å². The summed E-state index contributed by atoms with van der Waals surface area (Å²) in [7, 11) is -4.06. The van der Waals surface area contributed by atoms with Crippen molar-refractivity contribution in [1.82, 2.24) is 0 Å². The number of benzene rings is 3. The summed E-state index contributed by atoms with van der Waals surface area (Å²) in [5, 5.41) is 2.42. The first-order valence-corrected chi connectivity index (χ1v) is 10.5. The first-order valence-electron chi connectivity index (χ1n) is 9.08. The topological polar surface area (TPSA) is 66.5 Å². The lowest BCUT2D eigenvalue weighted by molar-refractivity contribution is -0.114. The standard InChI is InChI=1S/C22H20F2N2O3S/c1-15-8-9-16(2)21(12-15)26(30(28,29)18-6-4-3-5-7-18)14-22(27)25-17-10-11-19(23)20(24)13-17/h3-13H,14H2,1-2H3,(H,25,27). The largest absolute Gasteiger partial charge is 0.324 e. The van der Waals surface area contributed by atoms with Gasteiger partial charge in [-0.05, 0) is 55.3 Å². The summed E-state index contributed by atoms with van der Waals surface area (Å²) >= 11 is 0. The Kier molecular flexibility index (Phi) is 6.17. The van der Waals surface area contributed by atoms with Gasteiger partial charge >= 0.3 is 0 Å². The van der Waals surface area contributed by atoms with E-state index in [1.807, 2.05) is 13.0 Å². The zero-order valence-corrected chi connectivity index (χ0v) is 17.2. The summed E-state index contributed by atoms with van der Waals surface area (Å²) in [6.45, 7) is 3.02. The van der Waals surface area contributed by atoms with E-state index in [9.17, 15) is 22.0 Å². The minimum absolute atomic E-state index is 0.0249. The van der Waals surface area contributed by atoms with E-state index in [2.05, 4.69) is 5.32 Å². The minimum atomic E-state index is -4.06.